The average Bonchev–Trinajstić information content (AvgIpc) is 2.36. The Bertz CT molecular complexity index is 644. The summed E-state index contributed by atoms with van der Waals surface area (Å²) in [5.41, 5.74) is 0.849. The molecule has 0 aromatic heterocycles. The van der Waals surface area contributed by atoms with Gasteiger partial charge in [0.25, 0.3) is 0 Å². The van der Waals surface area contributed by atoms with E-state index in [1.165, 1.54) is 18.2 Å². The summed E-state index contributed by atoms with van der Waals surface area (Å²) in [7, 11) is 0. The van der Waals surface area contributed by atoms with E-state index in [-0.39, 0.29) is 5.75 Å². The molecule has 0 saturated heterocycles. The summed E-state index contributed by atoms with van der Waals surface area (Å²) < 4.78 is 41.9. The van der Waals surface area contributed by atoms with Gasteiger partial charge < -0.3 is 9.84 Å². The van der Waals surface area contributed by atoms with Crippen molar-refractivity contribution in [2.45, 2.75) is 12.5 Å². The van der Waals surface area contributed by atoms with Crippen LogP contribution in [0.3, 0.4) is 0 Å². The van der Waals surface area contributed by atoms with E-state index in [9.17, 15) is 18.3 Å². The van der Waals surface area contributed by atoms with E-state index in [1.54, 1.807) is 18.2 Å². The van der Waals surface area contributed by atoms with E-state index in [1.807, 2.05) is 0 Å². The SMILES string of the molecule is OC(c1cccc(OC(F)(F)F)c1)c1ccc(Br)cc1Br. The first-order valence-electron chi connectivity index (χ1n) is 5.75. The predicted octanol–water partition coefficient (Wildman–Crippen LogP) is 5.19. The van der Waals surface area contributed by atoms with E-state index in [2.05, 4.69) is 36.6 Å². The second kappa shape index (κ2) is 6.37. The van der Waals surface area contributed by atoms with Gasteiger partial charge in [0.15, 0.2) is 0 Å². The van der Waals surface area contributed by atoms with Crippen LogP contribution in [0.1, 0.15) is 17.2 Å². The summed E-state index contributed by atoms with van der Waals surface area (Å²) in [6.07, 6.45) is -5.83. The molecular weight excluding hydrogens is 417 g/mol. The molecule has 2 aromatic carbocycles. The Morgan fingerprint density at radius 2 is 1.76 bits per heavy atom. The van der Waals surface area contributed by atoms with Crippen molar-refractivity contribution in [2.75, 3.05) is 0 Å². The number of hydrogen-bond donors (Lipinski definition) is 1. The highest BCUT2D eigenvalue weighted by Crippen LogP contribution is 2.33. The van der Waals surface area contributed by atoms with Gasteiger partial charge >= 0.3 is 6.36 Å². The molecular formula is C14H9Br2F3O2. The van der Waals surface area contributed by atoms with Gasteiger partial charge in [0, 0.05) is 8.95 Å². The molecule has 0 saturated carbocycles. The van der Waals surface area contributed by atoms with Crippen molar-refractivity contribution in [3.63, 3.8) is 0 Å². The van der Waals surface area contributed by atoms with Crippen LogP contribution in [0.15, 0.2) is 51.4 Å². The Balaban J connectivity index is 2.31. The maximum absolute atomic E-state index is 12.2. The zero-order chi connectivity index (χ0) is 15.6. The summed E-state index contributed by atoms with van der Waals surface area (Å²) >= 11 is 6.60. The van der Waals surface area contributed by atoms with Gasteiger partial charge in [0.05, 0.1) is 0 Å². The minimum atomic E-state index is -4.76. The average molecular weight is 426 g/mol. The van der Waals surface area contributed by atoms with Crippen LogP contribution in [0.25, 0.3) is 0 Å². The molecule has 1 atom stereocenters. The zero-order valence-electron chi connectivity index (χ0n) is 10.4. The van der Waals surface area contributed by atoms with Gasteiger partial charge in [0.1, 0.15) is 11.9 Å². The second-order valence-electron chi connectivity index (χ2n) is 4.19. The molecule has 0 spiro atoms. The monoisotopic (exact) mass is 424 g/mol. The molecule has 21 heavy (non-hydrogen) atoms. The number of ether oxygens (including phenoxy) is 1. The van der Waals surface area contributed by atoms with Gasteiger partial charge in [-0.3, -0.25) is 0 Å². The van der Waals surface area contributed by atoms with E-state index in [0.717, 1.165) is 10.5 Å². The van der Waals surface area contributed by atoms with Gasteiger partial charge in [-0.2, -0.15) is 0 Å². The molecule has 1 N–H and O–H groups in total. The van der Waals surface area contributed by atoms with E-state index in [0.29, 0.717) is 15.6 Å². The van der Waals surface area contributed by atoms with Crippen LogP contribution in [0.4, 0.5) is 13.2 Å². The Labute approximate surface area is 135 Å². The van der Waals surface area contributed by atoms with Crippen LogP contribution in [0, 0.1) is 0 Å². The number of hydrogen-bond acceptors (Lipinski definition) is 2. The van der Waals surface area contributed by atoms with E-state index < -0.39 is 12.5 Å². The maximum Gasteiger partial charge on any atom is 0.573 e. The predicted molar refractivity (Wildman–Crippen MR) is 79.0 cm³/mol. The van der Waals surface area contributed by atoms with Crippen molar-refractivity contribution >= 4 is 31.9 Å². The van der Waals surface area contributed by atoms with Crippen LogP contribution in [0.2, 0.25) is 0 Å². The maximum atomic E-state index is 12.2. The zero-order valence-corrected chi connectivity index (χ0v) is 13.5. The van der Waals surface area contributed by atoms with Crippen LogP contribution in [-0.4, -0.2) is 11.5 Å². The molecule has 0 aliphatic rings. The second-order valence-corrected chi connectivity index (χ2v) is 5.96. The highest BCUT2D eigenvalue weighted by atomic mass is 79.9. The van der Waals surface area contributed by atoms with Gasteiger partial charge in [-0.25, -0.2) is 0 Å². The molecule has 0 radical (unpaired) electrons. The Morgan fingerprint density at radius 1 is 1.05 bits per heavy atom. The fraction of sp³-hybridized carbons (Fsp3) is 0.143. The minimum absolute atomic E-state index is 0.305. The number of alkyl halides is 3. The molecule has 2 aromatic rings. The molecule has 2 nitrogen and oxygen atoms in total. The van der Waals surface area contributed by atoms with Crippen molar-refractivity contribution < 1.29 is 23.0 Å². The summed E-state index contributed by atoms with van der Waals surface area (Å²) in [6, 6.07) is 10.4. The number of halogens is 5. The lowest BCUT2D eigenvalue weighted by Gasteiger charge is -2.15. The van der Waals surface area contributed by atoms with Gasteiger partial charge in [0.2, 0.25) is 0 Å². The molecule has 0 heterocycles. The fourth-order valence-corrected chi connectivity index (χ4v) is 3.05. The highest BCUT2D eigenvalue weighted by Gasteiger charge is 2.31. The Kier molecular flexibility index (Phi) is 4.95. The third-order valence-electron chi connectivity index (χ3n) is 2.66. The normalized spacial score (nSPS) is 13.0. The molecule has 0 aliphatic carbocycles. The van der Waals surface area contributed by atoms with Crippen molar-refractivity contribution in [3.05, 3.63) is 62.5 Å². The fourth-order valence-electron chi connectivity index (χ4n) is 1.78. The van der Waals surface area contributed by atoms with Gasteiger partial charge in [-0.15, -0.1) is 13.2 Å². The topological polar surface area (TPSA) is 29.5 Å². The summed E-state index contributed by atoms with van der Waals surface area (Å²) in [4.78, 5) is 0. The molecule has 2 rings (SSSR count). The molecule has 1 unspecified atom stereocenters. The van der Waals surface area contributed by atoms with E-state index >= 15 is 0 Å². The molecule has 0 bridgehead atoms. The lowest BCUT2D eigenvalue weighted by molar-refractivity contribution is -0.274. The van der Waals surface area contributed by atoms with Crippen LogP contribution >= 0.6 is 31.9 Å². The number of aliphatic hydroxyl groups is 1. The van der Waals surface area contributed by atoms with Gasteiger partial charge in [-0.05, 0) is 35.4 Å². The number of aliphatic hydroxyl groups excluding tert-OH is 1. The number of benzene rings is 2. The Morgan fingerprint density at radius 3 is 2.38 bits per heavy atom. The lowest BCUT2D eigenvalue weighted by atomic mass is 10.0. The van der Waals surface area contributed by atoms with Crippen LogP contribution < -0.4 is 4.74 Å². The molecule has 7 heteroatoms. The van der Waals surface area contributed by atoms with Crippen molar-refractivity contribution in [1.82, 2.24) is 0 Å². The largest absolute Gasteiger partial charge is 0.573 e. The van der Waals surface area contributed by atoms with Crippen molar-refractivity contribution in [1.29, 1.82) is 0 Å². The van der Waals surface area contributed by atoms with E-state index in [4.69, 9.17) is 0 Å². The molecule has 0 fully saturated rings. The third kappa shape index (κ3) is 4.46. The molecule has 112 valence electrons. The minimum Gasteiger partial charge on any atom is -0.406 e. The van der Waals surface area contributed by atoms with Crippen LogP contribution in [0.5, 0.6) is 5.75 Å². The van der Waals surface area contributed by atoms with Crippen molar-refractivity contribution in [3.8, 4) is 5.75 Å². The first kappa shape index (κ1) is 16.3. The number of rotatable bonds is 3. The molecule has 0 aliphatic heterocycles. The van der Waals surface area contributed by atoms with Gasteiger partial charge in [-0.1, -0.05) is 50.1 Å². The summed E-state index contributed by atoms with van der Waals surface area (Å²) in [5, 5.41) is 10.3. The third-order valence-corrected chi connectivity index (χ3v) is 3.84. The lowest BCUT2D eigenvalue weighted by Crippen LogP contribution is -2.17. The standard InChI is InChI=1S/C14H9Br2F3O2/c15-9-4-5-11(12(16)7-9)13(20)8-2-1-3-10(6-8)21-14(17,18)19/h1-7,13,20H. The summed E-state index contributed by atoms with van der Waals surface area (Å²) in [6.45, 7) is 0. The van der Waals surface area contributed by atoms with Crippen LogP contribution in [-0.2, 0) is 0 Å². The van der Waals surface area contributed by atoms with Crippen molar-refractivity contribution in [2.24, 2.45) is 0 Å². The quantitative estimate of drug-likeness (QED) is 0.733. The summed E-state index contributed by atoms with van der Waals surface area (Å²) in [5.74, 6) is -0.368. The highest BCUT2D eigenvalue weighted by molar-refractivity contribution is 9.11. The first-order chi connectivity index (χ1) is 9.76. The Hall–Kier alpha value is -1.05. The first-order valence-corrected chi connectivity index (χ1v) is 7.33. The molecule has 0 amide bonds. The smallest absolute Gasteiger partial charge is 0.406 e.